The molecule has 216 valence electrons. The molecular formula is C33H29Cl2NO6. The highest BCUT2D eigenvalue weighted by Crippen LogP contribution is 2.69. The Morgan fingerprint density at radius 2 is 1.19 bits per heavy atom. The summed E-state index contributed by atoms with van der Waals surface area (Å²) in [4.78, 5) is 53.7. The SMILES string of the molecule is COc1ccc(C(=O)[C@H](C)OC(=O)[C@H](C(C)C)N2C(=O)[C@@H]3[C@H](C2=O)C2(Cl)c4ccccc4C3(Cl)c3ccccc32)cc1. The third-order valence-electron chi connectivity index (χ3n) is 8.81. The van der Waals surface area contributed by atoms with E-state index in [-0.39, 0.29) is 0 Å². The van der Waals surface area contributed by atoms with Gasteiger partial charge in [0.15, 0.2) is 6.10 Å². The number of carbonyl (C=O) groups excluding carboxylic acids is 4. The molecule has 3 aliphatic carbocycles. The number of hydrogen-bond acceptors (Lipinski definition) is 6. The third-order valence-corrected chi connectivity index (χ3v) is 10.1. The second kappa shape index (κ2) is 9.96. The first-order valence-corrected chi connectivity index (χ1v) is 14.6. The maximum atomic E-state index is 14.3. The molecule has 1 saturated heterocycles. The van der Waals surface area contributed by atoms with E-state index in [9.17, 15) is 19.2 Å². The topological polar surface area (TPSA) is 90.0 Å². The minimum Gasteiger partial charge on any atom is -0.497 e. The molecule has 9 heteroatoms. The van der Waals surface area contributed by atoms with E-state index in [4.69, 9.17) is 32.7 Å². The first-order chi connectivity index (χ1) is 20.0. The van der Waals surface area contributed by atoms with Crippen LogP contribution in [0.1, 0.15) is 53.4 Å². The number of halogens is 2. The van der Waals surface area contributed by atoms with Gasteiger partial charge in [-0.05, 0) is 59.4 Å². The first kappa shape index (κ1) is 28.4. The molecule has 1 fully saturated rings. The number of hydrogen-bond donors (Lipinski definition) is 0. The number of esters is 1. The highest BCUT2D eigenvalue weighted by Gasteiger charge is 2.74. The maximum absolute atomic E-state index is 14.3. The third kappa shape index (κ3) is 3.72. The van der Waals surface area contributed by atoms with Crippen molar-refractivity contribution in [3.05, 3.63) is 101 Å². The van der Waals surface area contributed by atoms with Gasteiger partial charge in [0.05, 0.1) is 18.9 Å². The number of Topliss-reactive ketones (excluding diaryl/α,β-unsaturated/α-hetero) is 1. The van der Waals surface area contributed by atoms with E-state index in [1.165, 1.54) is 14.0 Å². The molecule has 3 aromatic rings. The van der Waals surface area contributed by atoms with Crippen LogP contribution >= 0.6 is 23.2 Å². The van der Waals surface area contributed by atoms with Crippen molar-refractivity contribution in [2.45, 2.75) is 42.7 Å². The molecule has 7 rings (SSSR count). The van der Waals surface area contributed by atoms with E-state index >= 15 is 0 Å². The molecule has 0 spiro atoms. The van der Waals surface area contributed by atoms with Gasteiger partial charge in [0.1, 0.15) is 21.5 Å². The normalized spacial score (nSPS) is 26.8. The Bertz CT molecular complexity index is 1510. The minimum atomic E-state index is -1.36. The van der Waals surface area contributed by atoms with Crippen molar-refractivity contribution in [1.29, 1.82) is 0 Å². The Balaban J connectivity index is 1.37. The fourth-order valence-corrected chi connectivity index (χ4v) is 8.02. The summed E-state index contributed by atoms with van der Waals surface area (Å²) in [5, 5.41) is 0. The second-order valence-corrected chi connectivity index (χ2v) is 12.6. The average molecular weight is 607 g/mol. The van der Waals surface area contributed by atoms with Crippen LogP contribution in [0.25, 0.3) is 0 Å². The summed E-state index contributed by atoms with van der Waals surface area (Å²) < 4.78 is 10.8. The molecule has 3 aromatic carbocycles. The number of nitrogens with zero attached hydrogens (tertiary/aromatic N) is 1. The van der Waals surface area contributed by atoms with Crippen molar-refractivity contribution >= 4 is 46.8 Å². The minimum absolute atomic E-state index is 0.330. The molecule has 4 aliphatic rings. The van der Waals surface area contributed by atoms with E-state index in [0.29, 0.717) is 33.6 Å². The van der Waals surface area contributed by atoms with Gasteiger partial charge >= 0.3 is 5.97 Å². The summed E-state index contributed by atoms with van der Waals surface area (Å²) in [5.41, 5.74) is 3.02. The summed E-state index contributed by atoms with van der Waals surface area (Å²) in [7, 11) is 1.52. The van der Waals surface area contributed by atoms with Crippen LogP contribution < -0.4 is 4.74 Å². The lowest BCUT2D eigenvalue weighted by Gasteiger charge is -2.54. The number of benzene rings is 3. The summed E-state index contributed by atoms with van der Waals surface area (Å²) in [6.07, 6.45) is -1.16. The Kier molecular flexibility index (Phi) is 6.74. The van der Waals surface area contributed by atoms with Crippen LogP contribution in [0.15, 0.2) is 72.8 Å². The molecule has 1 aliphatic heterocycles. The highest BCUT2D eigenvalue weighted by atomic mass is 35.5. The number of ketones is 1. The number of rotatable bonds is 7. The van der Waals surface area contributed by atoms with Crippen molar-refractivity contribution in [1.82, 2.24) is 4.90 Å². The first-order valence-electron chi connectivity index (χ1n) is 13.8. The molecule has 0 aromatic heterocycles. The van der Waals surface area contributed by atoms with Gasteiger partial charge in [-0.3, -0.25) is 19.3 Å². The Labute approximate surface area is 253 Å². The summed E-state index contributed by atoms with van der Waals surface area (Å²) in [6, 6.07) is 19.8. The predicted molar refractivity (Wildman–Crippen MR) is 156 cm³/mol. The molecule has 0 N–H and O–H groups in total. The molecule has 0 radical (unpaired) electrons. The molecule has 2 bridgehead atoms. The van der Waals surface area contributed by atoms with Gasteiger partial charge in [-0.2, -0.15) is 0 Å². The lowest BCUT2D eigenvalue weighted by Crippen LogP contribution is -2.57. The zero-order valence-corrected chi connectivity index (χ0v) is 25.0. The van der Waals surface area contributed by atoms with Gasteiger partial charge in [0.2, 0.25) is 17.6 Å². The number of alkyl halides is 2. The van der Waals surface area contributed by atoms with Gasteiger partial charge < -0.3 is 9.47 Å². The Morgan fingerprint density at radius 3 is 1.57 bits per heavy atom. The number of likely N-dealkylation sites (tertiary alicyclic amines) is 1. The van der Waals surface area contributed by atoms with Crippen LogP contribution in [0.4, 0.5) is 0 Å². The van der Waals surface area contributed by atoms with E-state index in [0.717, 1.165) is 4.90 Å². The molecule has 0 unspecified atom stereocenters. The number of amides is 2. The van der Waals surface area contributed by atoms with Crippen molar-refractivity contribution in [2.75, 3.05) is 7.11 Å². The zero-order chi connectivity index (χ0) is 30.1. The molecule has 7 nitrogen and oxygen atoms in total. The summed E-state index contributed by atoms with van der Waals surface area (Å²) in [6.45, 7) is 4.90. The van der Waals surface area contributed by atoms with E-state index in [1.807, 2.05) is 48.5 Å². The van der Waals surface area contributed by atoms with Crippen LogP contribution in [0, 0.1) is 17.8 Å². The Hall–Kier alpha value is -3.68. The fraction of sp³-hybridized carbons (Fsp3) is 0.333. The highest BCUT2D eigenvalue weighted by molar-refractivity contribution is 6.36. The van der Waals surface area contributed by atoms with Crippen LogP contribution in [0.2, 0.25) is 0 Å². The van der Waals surface area contributed by atoms with Gasteiger partial charge in [-0.15, -0.1) is 23.2 Å². The van der Waals surface area contributed by atoms with E-state index < -0.39 is 63.2 Å². The number of ether oxygens (including phenoxy) is 2. The van der Waals surface area contributed by atoms with Crippen molar-refractivity contribution in [3.8, 4) is 5.75 Å². The van der Waals surface area contributed by atoms with Gasteiger partial charge in [-0.25, -0.2) is 4.79 Å². The number of methoxy groups -OCH3 is 1. The standard InChI is InChI=1S/C33H29Cl2NO6/c1-17(2)27(31(40)42-18(3)28(37)19-13-15-20(41-4)16-14-19)36-29(38)25-26(30(36)39)33(35)22-10-6-5-9-21(22)32(25,34)23-11-7-8-12-24(23)33/h5-18,25-27H,1-4H3/t18-,25-,26+,27-,32?,33?/m0/s1. The van der Waals surface area contributed by atoms with Crippen LogP contribution in [0.5, 0.6) is 5.75 Å². The zero-order valence-electron chi connectivity index (χ0n) is 23.5. The predicted octanol–water partition coefficient (Wildman–Crippen LogP) is 5.43. The van der Waals surface area contributed by atoms with Gasteiger partial charge in [0.25, 0.3) is 0 Å². The average Bonchev–Trinajstić information content (AvgIpc) is 3.26. The van der Waals surface area contributed by atoms with Crippen molar-refractivity contribution < 1.29 is 28.7 Å². The maximum Gasteiger partial charge on any atom is 0.330 e. The Morgan fingerprint density at radius 1 is 0.762 bits per heavy atom. The smallest absolute Gasteiger partial charge is 0.330 e. The molecule has 42 heavy (non-hydrogen) atoms. The van der Waals surface area contributed by atoms with Crippen molar-refractivity contribution in [3.63, 3.8) is 0 Å². The largest absolute Gasteiger partial charge is 0.497 e. The van der Waals surface area contributed by atoms with Gasteiger partial charge in [-0.1, -0.05) is 62.4 Å². The molecule has 1 heterocycles. The monoisotopic (exact) mass is 605 g/mol. The molecular weight excluding hydrogens is 577 g/mol. The van der Waals surface area contributed by atoms with Crippen molar-refractivity contribution in [2.24, 2.45) is 17.8 Å². The fourth-order valence-electron chi connectivity index (χ4n) is 6.93. The van der Waals surface area contributed by atoms with Crippen LogP contribution in [0.3, 0.4) is 0 Å². The number of carbonyl (C=O) groups is 4. The lowest BCUT2D eigenvalue weighted by atomic mass is 9.54. The summed E-state index contributed by atoms with van der Waals surface area (Å²) in [5.74, 6) is -4.47. The van der Waals surface area contributed by atoms with E-state index in [1.54, 1.807) is 38.1 Å². The van der Waals surface area contributed by atoms with Gasteiger partial charge in [0, 0.05) is 5.56 Å². The quantitative estimate of drug-likeness (QED) is 0.154. The van der Waals surface area contributed by atoms with E-state index in [2.05, 4.69) is 0 Å². The molecule has 2 amide bonds. The number of imide groups is 1. The lowest BCUT2D eigenvalue weighted by molar-refractivity contribution is -0.162. The summed E-state index contributed by atoms with van der Waals surface area (Å²) >= 11 is 15.0. The van der Waals surface area contributed by atoms with Crippen LogP contribution in [-0.4, -0.2) is 47.7 Å². The molecule has 0 saturated carbocycles. The van der Waals surface area contributed by atoms with Crippen LogP contribution in [-0.2, 0) is 28.9 Å². The molecule has 4 atom stereocenters. The second-order valence-electron chi connectivity index (χ2n) is 11.4.